The van der Waals surface area contributed by atoms with E-state index in [-0.39, 0.29) is 5.56 Å². The van der Waals surface area contributed by atoms with E-state index in [4.69, 9.17) is 5.73 Å². The third-order valence-corrected chi connectivity index (χ3v) is 4.29. The van der Waals surface area contributed by atoms with Crippen molar-refractivity contribution in [2.75, 3.05) is 31.9 Å². The lowest BCUT2D eigenvalue weighted by Gasteiger charge is -2.20. The van der Waals surface area contributed by atoms with Crippen LogP contribution in [0, 0.1) is 12.8 Å². The second-order valence-electron chi connectivity index (χ2n) is 6.23. The lowest BCUT2D eigenvalue weighted by molar-refractivity contribution is -0.123. The minimum absolute atomic E-state index is 0.168. The van der Waals surface area contributed by atoms with E-state index in [0.29, 0.717) is 29.3 Å². The van der Waals surface area contributed by atoms with E-state index in [1.807, 2.05) is 5.32 Å². The predicted molar refractivity (Wildman–Crippen MR) is 92.0 cm³/mol. The number of hydrogen-bond acceptors (Lipinski definition) is 4. The highest BCUT2D eigenvalue weighted by molar-refractivity contribution is 6.00. The Balaban J connectivity index is 2.08. The minimum Gasteiger partial charge on any atom is -0.398 e. The Morgan fingerprint density at radius 2 is 2.08 bits per heavy atom. The molecule has 1 heterocycles. The molecule has 0 aromatic heterocycles. The van der Waals surface area contributed by atoms with Crippen molar-refractivity contribution in [3.05, 3.63) is 28.8 Å². The van der Waals surface area contributed by atoms with Gasteiger partial charge >= 0.3 is 6.18 Å². The average molecular weight is 356 g/mol. The smallest absolute Gasteiger partial charge is 0.398 e. The van der Waals surface area contributed by atoms with Crippen molar-refractivity contribution in [3.63, 3.8) is 0 Å². The molecule has 0 spiro atoms. The number of hydrogen-bond donors (Lipinski definition) is 3. The Bertz CT molecular complexity index is 638. The van der Waals surface area contributed by atoms with Gasteiger partial charge in [-0.15, -0.1) is 0 Å². The Kier molecular flexibility index (Phi) is 6.41. The molecule has 138 valence electrons. The molecule has 1 amide bonds. The van der Waals surface area contributed by atoms with Gasteiger partial charge in [-0.3, -0.25) is 9.79 Å². The second kappa shape index (κ2) is 8.33. The fourth-order valence-corrected chi connectivity index (χ4v) is 2.80. The Labute approximate surface area is 144 Å². The quantitative estimate of drug-likeness (QED) is 0.559. The minimum atomic E-state index is -4.45. The maximum atomic E-state index is 12.3. The number of benzene rings is 1. The molecule has 0 bridgehead atoms. The maximum Gasteiger partial charge on any atom is 0.405 e. The molecule has 1 fully saturated rings. The summed E-state index contributed by atoms with van der Waals surface area (Å²) in [6, 6.07) is 2.95. The topological polar surface area (TPSA) is 79.5 Å². The van der Waals surface area contributed by atoms with Gasteiger partial charge in [0.15, 0.2) is 0 Å². The number of piperidine rings is 1. The number of rotatable bonds is 5. The first kappa shape index (κ1) is 19.2. The molecule has 1 aliphatic rings. The summed E-state index contributed by atoms with van der Waals surface area (Å²) in [5.74, 6) is -0.264. The Morgan fingerprint density at radius 1 is 1.40 bits per heavy atom. The molecule has 8 heteroatoms. The lowest BCUT2D eigenvalue weighted by Crippen LogP contribution is -2.34. The highest BCUT2D eigenvalue weighted by Gasteiger charge is 2.28. The predicted octanol–water partition coefficient (Wildman–Crippen LogP) is 2.29. The lowest BCUT2D eigenvalue weighted by atomic mass is 9.98. The molecular formula is C17H23F3N4O. The van der Waals surface area contributed by atoms with Gasteiger partial charge in [0.05, 0.1) is 0 Å². The summed E-state index contributed by atoms with van der Waals surface area (Å²) < 4.78 is 36.8. The number of aliphatic imine (C=N–C) groups is 1. The van der Waals surface area contributed by atoms with Crippen LogP contribution < -0.4 is 16.4 Å². The molecule has 1 saturated heterocycles. The number of nitrogens with two attached hydrogens (primary N) is 1. The summed E-state index contributed by atoms with van der Waals surface area (Å²) in [4.78, 5) is 16.4. The summed E-state index contributed by atoms with van der Waals surface area (Å²) >= 11 is 0. The number of carbonyl (C=O) groups is 1. The zero-order valence-corrected chi connectivity index (χ0v) is 14.1. The molecule has 0 radical (unpaired) electrons. The van der Waals surface area contributed by atoms with E-state index in [1.54, 1.807) is 13.1 Å². The van der Waals surface area contributed by atoms with Crippen molar-refractivity contribution in [1.29, 1.82) is 0 Å². The van der Waals surface area contributed by atoms with Gasteiger partial charge in [-0.1, -0.05) is 0 Å². The summed E-state index contributed by atoms with van der Waals surface area (Å²) in [7, 11) is 0. The van der Waals surface area contributed by atoms with Gasteiger partial charge in [0.1, 0.15) is 6.54 Å². The summed E-state index contributed by atoms with van der Waals surface area (Å²) in [6.07, 6.45) is -0.707. The molecule has 1 aromatic carbocycles. The van der Waals surface area contributed by atoms with E-state index in [0.717, 1.165) is 25.9 Å². The number of nitrogen functional groups attached to an aromatic ring is 1. The molecule has 5 nitrogen and oxygen atoms in total. The van der Waals surface area contributed by atoms with Crippen molar-refractivity contribution < 1.29 is 18.0 Å². The number of halogens is 3. The molecule has 0 atom stereocenters. The summed E-state index contributed by atoms with van der Waals surface area (Å²) in [5.41, 5.74) is 7.65. The highest BCUT2D eigenvalue weighted by atomic mass is 19.4. The van der Waals surface area contributed by atoms with Crippen LogP contribution in [0.25, 0.3) is 0 Å². The third kappa shape index (κ3) is 5.74. The maximum absolute atomic E-state index is 12.3. The number of anilines is 1. The average Bonchev–Trinajstić information content (AvgIpc) is 2.56. The molecule has 0 aliphatic carbocycles. The molecule has 4 N–H and O–H groups in total. The van der Waals surface area contributed by atoms with Gasteiger partial charge < -0.3 is 16.4 Å². The van der Waals surface area contributed by atoms with Crippen LogP contribution in [0.5, 0.6) is 0 Å². The van der Waals surface area contributed by atoms with Crippen LogP contribution in [0.15, 0.2) is 17.1 Å². The molecule has 1 aromatic rings. The van der Waals surface area contributed by atoms with Crippen molar-refractivity contribution in [2.24, 2.45) is 10.9 Å². The number of alkyl halides is 3. The van der Waals surface area contributed by atoms with Crippen molar-refractivity contribution in [3.8, 4) is 0 Å². The van der Waals surface area contributed by atoms with E-state index >= 15 is 0 Å². The standard InChI is InChI=1S/C17H23F3N4O/c1-11-13(16(25)24-10-17(18,19)20)2-3-15(21)14(11)9-23-8-12-4-6-22-7-5-12/h2-3,9,12,22H,4-8,10,21H2,1H3,(H,24,25). The molecule has 0 unspecified atom stereocenters. The first-order valence-corrected chi connectivity index (χ1v) is 8.22. The van der Waals surface area contributed by atoms with Crippen LogP contribution in [0.3, 0.4) is 0 Å². The first-order chi connectivity index (χ1) is 11.8. The molecule has 2 rings (SSSR count). The van der Waals surface area contributed by atoms with E-state index in [9.17, 15) is 18.0 Å². The van der Waals surface area contributed by atoms with Crippen molar-refractivity contribution >= 4 is 17.8 Å². The van der Waals surface area contributed by atoms with E-state index < -0.39 is 18.6 Å². The van der Waals surface area contributed by atoms with E-state index in [1.165, 1.54) is 12.1 Å². The van der Waals surface area contributed by atoms with Crippen LogP contribution >= 0.6 is 0 Å². The highest BCUT2D eigenvalue weighted by Crippen LogP contribution is 2.20. The van der Waals surface area contributed by atoms with Gasteiger partial charge in [-0.2, -0.15) is 13.2 Å². The zero-order valence-electron chi connectivity index (χ0n) is 14.1. The van der Waals surface area contributed by atoms with Crippen LogP contribution in [0.1, 0.15) is 34.3 Å². The van der Waals surface area contributed by atoms with Crippen molar-refractivity contribution in [2.45, 2.75) is 25.9 Å². The van der Waals surface area contributed by atoms with Gasteiger partial charge in [-0.05, 0) is 56.5 Å². The molecular weight excluding hydrogens is 333 g/mol. The van der Waals surface area contributed by atoms with Crippen LogP contribution in [0.2, 0.25) is 0 Å². The normalized spacial score (nSPS) is 16.3. The summed E-state index contributed by atoms with van der Waals surface area (Å²) in [5, 5.41) is 5.17. The molecule has 1 aliphatic heterocycles. The number of amides is 1. The number of nitrogens with zero attached hydrogens (tertiary/aromatic N) is 1. The van der Waals surface area contributed by atoms with E-state index in [2.05, 4.69) is 10.3 Å². The third-order valence-electron chi connectivity index (χ3n) is 4.29. The van der Waals surface area contributed by atoms with Crippen LogP contribution in [-0.4, -0.2) is 44.5 Å². The Hall–Kier alpha value is -2.09. The Morgan fingerprint density at radius 3 is 2.72 bits per heavy atom. The summed E-state index contributed by atoms with van der Waals surface area (Å²) in [6.45, 7) is 2.93. The van der Waals surface area contributed by atoms with Crippen LogP contribution in [0.4, 0.5) is 18.9 Å². The van der Waals surface area contributed by atoms with Gasteiger partial charge in [0.2, 0.25) is 0 Å². The fourth-order valence-electron chi connectivity index (χ4n) is 2.80. The van der Waals surface area contributed by atoms with Gasteiger partial charge in [-0.25, -0.2) is 0 Å². The first-order valence-electron chi connectivity index (χ1n) is 8.22. The number of nitrogens with one attached hydrogen (secondary N) is 2. The molecule has 0 saturated carbocycles. The van der Waals surface area contributed by atoms with Gasteiger partial charge in [0.25, 0.3) is 5.91 Å². The monoisotopic (exact) mass is 356 g/mol. The second-order valence-corrected chi connectivity index (χ2v) is 6.23. The SMILES string of the molecule is Cc1c(C(=O)NCC(F)(F)F)ccc(N)c1C=NCC1CCNCC1. The largest absolute Gasteiger partial charge is 0.405 e. The molecule has 25 heavy (non-hydrogen) atoms. The fraction of sp³-hybridized carbons (Fsp3) is 0.529. The number of carbonyl (C=O) groups excluding carboxylic acids is 1. The van der Waals surface area contributed by atoms with Gasteiger partial charge in [0, 0.05) is 29.6 Å². The van der Waals surface area contributed by atoms with Crippen molar-refractivity contribution in [1.82, 2.24) is 10.6 Å². The zero-order chi connectivity index (χ0) is 18.4. The van der Waals surface area contributed by atoms with Crippen LogP contribution in [-0.2, 0) is 0 Å².